The van der Waals surface area contributed by atoms with Gasteiger partial charge in [-0.1, -0.05) is 37.0 Å². The summed E-state index contributed by atoms with van der Waals surface area (Å²) in [7, 11) is 0. The fraction of sp³-hybridized carbons (Fsp3) is 0.538. The van der Waals surface area contributed by atoms with E-state index >= 15 is 0 Å². The predicted molar refractivity (Wildman–Crippen MR) is 73.9 cm³/mol. The Kier molecular flexibility index (Phi) is 5.26. The summed E-state index contributed by atoms with van der Waals surface area (Å²) in [6.45, 7) is 6.40. The summed E-state index contributed by atoms with van der Waals surface area (Å²) >= 11 is 12.0. The van der Waals surface area contributed by atoms with Gasteiger partial charge in [0.2, 0.25) is 0 Å². The van der Waals surface area contributed by atoms with Crippen LogP contribution in [0.3, 0.4) is 0 Å². The molecule has 2 nitrogen and oxygen atoms in total. The number of benzene rings is 1. The van der Waals surface area contributed by atoms with Gasteiger partial charge in [0.1, 0.15) is 0 Å². The summed E-state index contributed by atoms with van der Waals surface area (Å²) in [4.78, 5) is 0. The monoisotopic (exact) mass is 275 g/mol. The minimum atomic E-state index is -0.835. The molecule has 0 heterocycles. The van der Waals surface area contributed by atoms with E-state index in [1.165, 1.54) is 0 Å². The minimum absolute atomic E-state index is 0.344. The first-order valence-electron chi connectivity index (χ1n) is 5.70. The van der Waals surface area contributed by atoms with Crippen LogP contribution < -0.4 is 5.32 Å². The summed E-state index contributed by atoms with van der Waals surface area (Å²) in [5, 5.41) is 14.8. The third-order valence-electron chi connectivity index (χ3n) is 2.47. The molecular formula is C13H19Cl2NO. The lowest BCUT2D eigenvalue weighted by Gasteiger charge is -2.25. The molecule has 0 saturated heterocycles. The molecule has 1 atom stereocenters. The Morgan fingerprint density at radius 2 is 2.00 bits per heavy atom. The predicted octanol–water partition coefficient (Wildman–Crippen LogP) is 3.28. The summed E-state index contributed by atoms with van der Waals surface area (Å²) in [5.41, 5.74) is 0.0354. The quantitative estimate of drug-likeness (QED) is 0.865. The van der Waals surface area contributed by atoms with Gasteiger partial charge in [0, 0.05) is 29.1 Å². The Balaban J connectivity index is 2.71. The summed E-state index contributed by atoms with van der Waals surface area (Å²) in [6.07, 6.45) is 0.478. The first-order chi connectivity index (χ1) is 7.80. The largest absolute Gasteiger partial charge is 0.389 e. The number of hydrogen-bond acceptors (Lipinski definition) is 2. The van der Waals surface area contributed by atoms with E-state index in [-0.39, 0.29) is 0 Å². The molecule has 1 unspecified atom stereocenters. The molecule has 0 aliphatic rings. The van der Waals surface area contributed by atoms with Gasteiger partial charge in [0.25, 0.3) is 0 Å². The summed E-state index contributed by atoms with van der Waals surface area (Å²) in [6, 6.07) is 5.64. The lowest BCUT2D eigenvalue weighted by molar-refractivity contribution is 0.0582. The number of hydrogen-bond donors (Lipinski definition) is 2. The standard InChI is InChI=1S/C13H19Cl2NO/c1-9(2)16-8-13(3,17)7-10-6-11(14)4-5-12(10)15/h4-6,9,16-17H,7-8H2,1-3H3. The maximum absolute atomic E-state index is 10.3. The summed E-state index contributed by atoms with van der Waals surface area (Å²) < 4.78 is 0. The maximum Gasteiger partial charge on any atom is 0.0784 e. The first kappa shape index (κ1) is 14.8. The molecule has 0 saturated carbocycles. The lowest BCUT2D eigenvalue weighted by Crippen LogP contribution is -2.42. The van der Waals surface area contributed by atoms with Gasteiger partial charge in [-0.3, -0.25) is 0 Å². The van der Waals surface area contributed by atoms with Crippen LogP contribution in [0.5, 0.6) is 0 Å². The molecule has 0 aliphatic heterocycles. The van der Waals surface area contributed by atoms with E-state index in [4.69, 9.17) is 23.2 Å². The smallest absolute Gasteiger partial charge is 0.0784 e. The first-order valence-corrected chi connectivity index (χ1v) is 6.45. The minimum Gasteiger partial charge on any atom is -0.389 e. The van der Waals surface area contributed by atoms with Crippen molar-refractivity contribution < 1.29 is 5.11 Å². The van der Waals surface area contributed by atoms with Crippen molar-refractivity contribution in [3.63, 3.8) is 0 Å². The summed E-state index contributed by atoms with van der Waals surface area (Å²) in [5.74, 6) is 0. The SMILES string of the molecule is CC(C)NCC(C)(O)Cc1cc(Cl)ccc1Cl. The average molecular weight is 276 g/mol. The molecular weight excluding hydrogens is 257 g/mol. The van der Waals surface area contributed by atoms with E-state index in [9.17, 15) is 5.11 Å². The Labute approximate surface area is 113 Å². The molecule has 0 amide bonds. The number of nitrogens with one attached hydrogen (secondary N) is 1. The number of aliphatic hydroxyl groups is 1. The van der Waals surface area contributed by atoms with Gasteiger partial charge in [-0.15, -0.1) is 0 Å². The van der Waals surface area contributed by atoms with Crippen LogP contribution in [0, 0.1) is 0 Å². The van der Waals surface area contributed by atoms with Crippen molar-refractivity contribution in [3.05, 3.63) is 33.8 Å². The molecule has 0 bridgehead atoms. The maximum atomic E-state index is 10.3. The van der Waals surface area contributed by atoms with Gasteiger partial charge in [0.15, 0.2) is 0 Å². The molecule has 1 aromatic carbocycles. The van der Waals surface area contributed by atoms with Gasteiger partial charge in [0.05, 0.1) is 5.60 Å². The van der Waals surface area contributed by atoms with Crippen LogP contribution in [0.25, 0.3) is 0 Å². The molecule has 0 spiro atoms. The van der Waals surface area contributed by atoms with Gasteiger partial charge in [-0.05, 0) is 30.7 Å². The van der Waals surface area contributed by atoms with E-state index in [1.807, 2.05) is 13.8 Å². The van der Waals surface area contributed by atoms with Gasteiger partial charge >= 0.3 is 0 Å². The van der Waals surface area contributed by atoms with Gasteiger partial charge in [-0.25, -0.2) is 0 Å². The fourth-order valence-corrected chi connectivity index (χ4v) is 1.95. The zero-order valence-corrected chi connectivity index (χ0v) is 11.9. The van der Waals surface area contributed by atoms with E-state index in [1.54, 1.807) is 25.1 Å². The van der Waals surface area contributed by atoms with Crippen molar-refractivity contribution in [2.24, 2.45) is 0 Å². The number of rotatable bonds is 5. The Bertz CT molecular complexity index is 378. The van der Waals surface area contributed by atoms with Crippen molar-refractivity contribution in [2.45, 2.75) is 38.8 Å². The average Bonchev–Trinajstić information content (AvgIpc) is 2.20. The van der Waals surface area contributed by atoms with Crippen LogP contribution in [0.2, 0.25) is 10.0 Å². The van der Waals surface area contributed by atoms with Gasteiger partial charge in [-0.2, -0.15) is 0 Å². The molecule has 0 aliphatic carbocycles. The lowest BCUT2D eigenvalue weighted by atomic mass is 9.96. The molecule has 4 heteroatoms. The van der Waals surface area contributed by atoms with Crippen LogP contribution in [0.15, 0.2) is 18.2 Å². The van der Waals surface area contributed by atoms with Crippen molar-refractivity contribution in [1.29, 1.82) is 0 Å². The third-order valence-corrected chi connectivity index (χ3v) is 3.07. The van der Waals surface area contributed by atoms with Crippen LogP contribution in [0.1, 0.15) is 26.3 Å². The second-order valence-electron chi connectivity index (χ2n) is 4.95. The van der Waals surface area contributed by atoms with Gasteiger partial charge < -0.3 is 10.4 Å². The molecule has 17 heavy (non-hydrogen) atoms. The van der Waals surface area contributed by atoms with E-state index in [0.29, 0.717) is 29.1 Å². The zero-order valence-electron chi connectivity index (χ0n) is 10.4. The zero-order chi connectivity index (χ0) is 13.1. The number of halogens is 2. The Morgan fingerprint density at radius 3 is 2.59 bits per heavy atom. The fourth-order valence-electron chi connectivity index (χ4n) is 1.58. The van der Waals surface area contributed by atoms with Crippen molar-refractivity contribution in [2.75, 3.05) is 6.54 Å². The molecule has 0 radical (unpaired) electrons. The van der Waals surface area contributed by atoms with Crippen molar-refractivity contribution >= 4 is 23.2 Å². The van der Waals surface area contributed by atoms with Crippen LogP contribution in [-0.2, 0) is 6.42 Å². The second kappa shape index (κ2) is 6.05. The molecule has 0 fully saturated rings. The van der Waals surface area contributed by atoms with E-state index in [2.05, 4.69) is 5.32 Å². The second-order valence-corrected chi connectivity index (χ2v) is 5.79. The van der Waals surface area contributed by atoms with Crippen LogP contribution >= 0.6 is 23.2 Å². The molecule has 96 valence electrons. The molecule has 1 rings (SSSR count). The topological polar surface area (TPSA) is 32.3 Å². The van der Waals surface area contributed by atoms with Crippen molar-refractivity contribution in [1.82, 2.24) is 5.32 Å². The van der Waals surface area contributed by atoms with Crippen LogP contribution in [-0.4, -0.2) is 23.3 Å². The van der Waals surface area contributed by atoms with E-state index < -0.39 is 5.60 Å². The highest BCUT2D eigenvalue weighted by molar-refractivity contribution is 6.33. The molecule has 0 aromatic heterocycles. The Morgan fingerprint density at radius 1 is 1.35 bits per heavy atom. The highest BCUT2D eigenvalue weighted by atomic mass is 35.5. The third kappa shape index (κ3) is 5.26. The van der Waals surface area contributed by atoms with E-state index in [0.717, 1.165) is 5.56 Å². The van der Waals surface area contributed by atoms with Crippen molar-refractivity contribution in [3.8, 4) is 0 Å². The molecule has 1 aromatic rings. The Hall–Kier alpha value is -0.280. The normalized spacial score (nSPS) is 15.0. The molecule has 2 N–H and O–H groups in total. The van der Waals surface area contributed by atoms with Crippen LogP contribution in [0.4, 0.5) is 0 Å². The highest BCUT2D eigenvalue weighted by Crippen LogP contribution is 2.24. The highest BCUT2D eigenvalue weighted by Gasteiger charge is 2.22.